The van der Waals surface area contributed by atoms with Crippen molar-refractivity contribution < 1.29 is 4.79 Å². The zero-order chi connectivity index (χ0) is 15.3. The number of ketones is 1. The van der Waals surface area contributed by atoms with Gasteiger partial charge in [-0.1, -0.05) is 50.1 Å². The Kier molecular flexibility index (Phi) is 5.94. The van der Waals surface area contributed by atoms with Gasteiger partial charge in [0.2, 0.25) is 0 Å². The summed E-state index contributed by atoms with van der Waals surface area (Å²) < 4.78 is 0. The first-order valence-corrected chi connectivity index (χ1v) is 7.53. The number of hydrogen-bond acceptors (Lipinski definition) is 2. The van der Waals surface area contributed by atoms with Crippen LogP contribution < -0.4 is 5.32 Å². The fourth-order valence-electron chi connectivity index (χ4n) is 2.65. The topological polar surface area (TPSA) is 29.1 Å². The number of nitrogens with one attached hydrogen (secondary N) is 1. The van der Waals surface area contributed by atoms with E-state index in [2.05, 4.69) is 37.4 Å². The molecule has 0 aliphatic carbocycles. The molecular weight excluding hydrogens is 246 g/mol. The predicted molar refractivity (Wildman–Crippen MR) is 86.2 cm³/mol. The third kappa shape index (κ3) is 5.09. The maximum absolute atomic E-state index is 12.3. The van der Waals surface area contributed by atoms with Gasteiger partial charge in [0, 0.05) is 5.41 Å². The molecular formula is C18H29NO. The van der Waals surface area contributed by atoms with Crippen LogP contribution in [0.2, 0.25) is 0 Å². The molecule has 20 heavy (non-hydrogen) atoms. The molecule has 1 aromatic carbocycles. The zero-order valence-corrected chi connectivity index (χ0v) is 13.8. The molecule has 0 aromatic heterocycles. The number of likely N-dealkylation sites (N-methyl/N-ethyl adjacent to an activating group) is 1. The number of Topliss-reactive ketones (excluding diaryl/α,β-unsaturated/α-hetero) is 1. The summed E-state index contributed by atoms with van der Waals surface area (Å²) in [5.41, 5.74) is 3.74. The van der Waals surface area contributed by atoms with E-state index < -0.39 is 0 Å². The van der Waals surface area contributed by atoms with Crippen molar-refractivity contribution in [3.63, 3.8) is 0 Å². The fourth-order valence-corrected chi connectivity index (χ4v) is 2.65. The largest absolute Gasteiger partial charge is 0.311 e. The highest BCUT2D eigenvalue weighted by Crippen LogP contribution is 2.20. The Balaban J connectivity index is 2.56. The molecule has 0 amide bonds. The monoisotopic (exact) mass is 275 g/mol. The molecule has 2 heteroatoms. The van der Waals surface area contributed by atoms with Crippen molar-refractivity contribution in [2.75, 3.05) is 7.05 Å². The van der Waals surface area contributed by atoms with Crippen molar-refractivity contribution in [2.45, 2.75) is 59.9 Å². The lowest BCUT2D eigenvalue weighted by molar-refractivity contribution is -0.128. The molecule has 0 saturated carbocycles. The van der Waals surface area contributed by atoms with E-state index in [0.29, 0.717) is 5.78 Å². The normalized spacial score (nSPS) is 13.3. The van der Waals surface area contributed by atoms with E-state index in [9.17, 15) is 4.79 Å². The minimum absolute atomic E-state index is 0.0269. The van der Waals surface area contributed by atoms with Crippen molar-refractivity contribution in [3.8, 4) is 0 Å². The molecule has 0 fully saturated rings. The molecule has 0 spiro atoms. The Morgan fingerprint density at radius 1 is 1.15 bits per heavy atom. The second kappa shape index (κ2) is 7.03. The van der Waals surface area contributed by atoms with Gasteiger partial charge in [-0.05, 0) is 45.7 Å². The number of rotatable bonds is 6. The smallest absolute Gasteiger partial charge is 0.155 e. The van der Waals surface area contributed by atoms with Gasteiger partial charge in [0.15, 0.2) is 5.78 Å². The van der Waals surface area contributed by atoms with Crippen LogP contribution in [0.15, 0.2) is 18.2 Å². The van der Waals surface area contributed by atoms with Crippen LogP contribution >= 0.6 is 0 Å². The summed E-state index contributed by atoms with van der Waals surface area (Å²) in [5.74, 6) is 0.306. The maximum Gasteiger partial charge on any atom is 0.155 e. The average Bonchev–Trinajstić information content (AvgIpc) is 2.31. The molecule has 1 aromatic rings. The lowest BCUT2D eigenvalue weighted by Gasteiger charge is -2.24. The maximum atomic E-state index is 12.3. The van der Waals surface area contributed by atoms with Gasteiger partial charge in [0.1, 0.15) is 0 Å². The Labute approximate surface area is 124 Å². The predicted octanol–water partition coefficient (Wildman–Crippen LogP) is 3.83. The number of hydrogen-bond donors (Lipinski definition) is 1. The van der Waals surface area contributed by atoms with E-state index in [4.69, 9.17) is 0 Å². The standard InChI is InChI=1S/C18H29NO/c1-13-10-14(2)12-15(11-13)8-7-9-16(19-6)17(20)18(3,4)5/h10-12,16,19H,7-9H2,1-6H3. The summed E-state index contributed by atoms with van der Waals surface area (Å²) in [7, 11) is 1.88. The first kappa shape index (κ1) is 16.9. The summed E-state index contributed by atoms with van der Waals surface area (Å²) in [5, 5.41) is 3.17. The highest BCUT2D eigenvalue weighted by Gasteiger charge is 2.27. The zero-order valence-electron chi connectivity index (χ0n) is 13.8. The molecule has 1 rings (SSSR count). The molecule has 1 unspecified atom stereocenters. The lowest BCUT2D eigenvalue weighted by atomic mass is 9.84. The summed E-state index contributed by atoms with van der Waals surface area (Å²) in [6, 6.07) is 6.66. The van der Waals surface area contributed by atoms with Gasteiger partial charge < -0.3 is 5.32 Å². The van der Waals surface area contributed by atoms with Crippen molar-refractivity contribution in [3.05, 3.63) is 34.9 Å². The molecule has 0 aliphatic heterocycles. The number of benzene rings is 1. The second-order valence-electron chi connectivity index (χ2n) is 6.84. The summed E-state index contributed by atoms with van der Waals surface area (Å²) in [6.45, 7) is 10.2. The SMILES string of the molecule is CNC(CCCc1cc(C)cc(C)c1)C(=O)C(C)(C)C. The minimum Gasteiger partial charge on any atom is -0.311 e. The van der Waals surface area contributed by atoms with Gasteiger partial charge in [-0.25, -0.2) is 0 Å². The van der Waals surface area contributed by atoms with Crippen LogP contribution in [0.3, 0.4) is 0 Å². The van der Waals surface area contributed by atoms with Gasteiger partial charge in [0.05, 0.1) is 6.04 Å². The second-order valence-corrected chi connectivity index (χ2v) is 6.84. The molecule has 1 N–H and O–H groups in total. The van der Waals surface area contributed by atoms with E-state index in [1.807, 2.05) is 27.8 Å². The molecule has 0 saturated heterocycles. The molecule has 0 heterocycles. The summed E-state index contributed by atoms with van der Waals surface area (Å²) in [6.07, 6.45) is 2.98. The number of aryl methyl sites for hydroxylation is 3. The number of carbonyl (C=O) groups is 1. The van der Waals surface area contributed by atoms with E-state index in [-0.39, 0.29) is 11.5 Å². The molecule has 0 radical (unpaired) electrons. The third-order valence-electron chi connectivity index (χ3n) is 3.64. The van der Waals surface area contributed by atoms with Crippen LogP contribution in [0.4, 0.5) is 0 Å². The minimum atomic E-state index is -0.270. The lowest BCUT2D eigenvalue weighted by Crippen LogP contribution is -2.41. The van der Waals surface area contributed by atoms with E-state index >= 15 is 0 Å². The quantitative estimate of drug-likeness (QED) is 0.855. The highest BCUT2D eigenvalue weighted by molar-refractivity contribution is 5.88. The van der Waals surface area contributed by atoms with Crippen molar-refractivity contribution in [1.29, 1.82) is 0 Å². The Morgan fingerprint density at radius 3 is 2.15 bits per heavy atom. The van der Waals surface area contributed by atoms with Gasteiger partial charge in [0.25, 0.3) is 0 Å². The number of carbonyl (C=O) groups excluding carboxylic acids is 1. The van der Waals surface area contributed by atoms with Crippen LogP contribution in [-0.2, 0) is 11.2 Å². The highest BCUT2D eigenvalue weighted by atomic mass is 16.1. The van der Waals surface area contributed by atoms with Gasteiger partial charge in [-0.3, -0.25) is 4.79 Å². The van der Waals surface area contributed by atoms with Crippen molar-refractivity contribution in [1.82, 2.24) is 5.32 Å². The van der Waals surface area contributed by atoms with E-state index in [1.54, 1.807) is 0 Å². The molecule has 2 nitrogen and oxygen atoms in total. The molecule has 0 aliphatic rings. The van der Waals surface area contributed by atoms with Crippen molar-refractivity contribution in [2.24, 2.45) is 5.41 Å². The van der Waals surface area contributed by atoms with Crippen LogP contribution in [0, 0.1) is 19.3 Å². The van der Waals surface area contributed by atoms with E-state index in [0.717, 1.165) is 19.3 Å². The third-order valence-corrected chi connectivity index (χ3v) is 3.64. The van der Waals surface area contributed by atoms with Gasteiger partial charge in [-0.15, -0.1) is 0 Å². The van der Waals surface area contributed by atoms with Crippen molar-refractivity contribution >= 4 is 5.78 Å². The van der Waals surface area contributed by atoms with Crippen LogP contribution in [0.25, 0.3) is 0 Å². The van der Waals surface area contributed by atoms with Gasteiger partial charge >= 0.3 is 0 Å². The average molecular weight is 275 g/mol. The van der Waals surface area contributed by atoms with Crippen LogP contribution in [0.1, 0.15) is 50.3 Å². The Bertz CT molecular complexity index is 437. The summed E-state index contributed by atoms with van der Waals surface area (Å²) >= 11 is 0. The van der Waals surface area contributed by atoms with Gasteiger partial charge in [-0.2, -0.15) is 0 Å². The van der Waals surface area contributed by atoms with Crippen LogP contribution in [0.5, 0.6) is 0 Å². The first-order chi connectivity index (χ1) is 9.24. The van der Waals surface area contributed by atoms with E-state index in [1.165, 1.54) is 16.7 Å². The molecule has 1 atom stereocenters. The Hall–Kier alpha value is -1.15. The summed E-state index contributed by atoms with van der Waals surface area (Å²) in [4.78, 5) is 12.3. The molecule has 0 bridgehead atoms. The Morgan fingerprint density at radius 2 is 1.70 bits per heavy atom. The van der Waals surface area contributed by atoms with Crippen LogP contribution in [-0.4, -0.2) is 18.9 Å². The fraction of sp³-hybridized carbons (Fsp3) is 0.611. The molecule has 112 valence electrons. The first-order valence-electron chi connectivity index (χ1n) is 7.53.